The van der Waals surface area contributed by atoms with Gasteiger partial charge in [0.2, 0.25) is 0 Å². The van der Waals surface area contributed by atoms with Crippen LogP contribution in [-0.4, -0.2) is 59.6 Å². The molecule has 0 amide bonds. The van der Waals surface area contributed by atoms with Crippen LogP contribution in [-0.2, 0) is 44.7 Å². The third-order valence-electron chi connectivity index (χ3n) is 4.50. The van der Waals surface area contributed by atoms with Crippen molar-refractivity contribution >= 4 is 23.7 Å². The number of ketones is 1. The molecule has 0 bridgehead atoms. The fraction of sp³-hybridized carbons (Fsp3) is 0.667. The van der Waals surface area contributed by atoms with Gasteiger partial charge in [-0.25, -0.2) is 0 Å². The second kappa shape index (κ2) is 10.2. The van der Waals surface area contributed by atoms with Crippen molar-refractivity contribution in [3.63, 3.8) is 0 Å². The number of Topliss-reactive ketones (excluding diaryl/α,β-unsaturated/α-hetero) is 1. The Bertz CT molecular complexity index is 855. The van der Waals surface area contributed by atoms with Crippen LogP contribution in [0.3, 0.4) is 0 Å². The molecule has 0 N–H and O–H groups in total. The Balaban J connectivity index is 2.22. The number of esters is 3. The van der Waals surface area contributed by atoms with Gasteiger partial charge in [-0.05, 0) is 6.92 Å². The Morgan fingerprint density at radius 2 is 1.47 bits per heavy atom. The van der Waals surface area contributed by atoms with Gasteiger partial charge in [0.1, 0.15) is 12.3 Å². The summed E-state index contributed by atoms with van der Waals surface area (Å²) in [5.41, 5.74) is -0.487. The summed E-state index contributed by atoms with van der Waals surface area (Å²) in [5, 5.41) is 3.77. The van der Waals surface area contributed by atoms with E-state index in [2.05, 4.69) is 5.16 Å². The van der Waals surface area contributed by atoms with Crippen molar-refractivity contribution in [2.45, 2.75) is 85.8 Å². The van der Waals surface area contributed by atoms with Gasteiger partial charge in [0.05, 0.1) is 6.10 Å². The normalized spacial score (nSPS) is 25.7. The first-order valence-corrected chi connectivity index (χ1v) is 10.1. The Morgan fingerprint density at radius 1 is 0.938 bits per heavy atom. The third kappa shape index (κ3) is 6.60. The van der Waals surface area contributed by atoms with Crippen molar-refractivity contribution in [2.24, 2.45) is 5.41 Å². The molecule has 0 radical (unpaired) electrons. The minimum Gasteiger partial charge on any atom is -0.456 e. The summed E-state index contributed by atoms with van der Waals surface area (Å²) < 4.78 is 32.5. The van der Waals surface area contributed by atoms with Crippen LogP contribution < -0.4 is 0 Å². The number of ether oxygens (including phenoxy) is 5. The highest BCUT2D eigenvalue weighted by atomic mass is 16.7. The average molecular weight is 455 g/mol. The first kappa shape index (κ1) is 25.5. The van der Waals surface area contributed by atoms with Crippen LogP contribution >= 0.6 is 0 Å². The fourth-order valence-corrected chi connectivity index (χ4v) is 3.14. The molecule has 1 saturated heterocycles. The van der Waals surface area contributed by atoms with Crippen LogP contribution in [0, 0.1) is 5.41 Å². The molecular weight excluding hydrogens is 426 g/mol. The molecule has 1 aliphatic rings. The summed E-state index contributed by atoms with van der Waals surface area (Å²) in [6, 6.07) is 1.45. The Hall–Kier alpha value is -2.79. The molecule has 0 spiro atoms. The number of hydrogen-bond acceptors (Lipinski definition) is 11. The Morgan fingerprint density at radius 3 is 2.00 bits per heavy atom. The molecule has 1 aliphatic heterocycles. The number of carbonyl (C=O) groups excluding carboxylic acids is 4. The molecule has 1 aromatic heterocycles. The van der Waals surface area contributed by atoms with Gasteiger partial charge < -0.3 is 28.2 Å². The molecule has 2 rings (SSSR count). The van der Waals surface area contributed by atoms with Crippen LogP contribution in [0.1, 0.15) is 64.7 Å². The molecular formula is C21H29NO10. The van der Waals surface area contributed by atoms with E-state index < -0.39 is 54.0 Å². The second-order valence-corrected chi connectivity index (χ2v) is 8.50. The summed E-state index contributed by atoms with van der Waals surface area (Å²) in [6.45, 7) is 10.2. The number of hydrogen-bond donors (Lipinski definition) is 0. The number of nitrogens with zero attached hydrogens (tertiary/aromatic N) is 1. The van der Waals surface area contributed by atoms with Gasteiger partial charge >= 0.3 is 17.9 Å². The maximum absolute atomic E-state index is 12.3. The van der Waals surface area contributed by atoms with Gasteiger partial charge in [0.15, 0.2) is 36.1 Å². The smallest absolute Gasteiger partial charge is 0.303 e. The molecule has 11 nitrogen and oxygen atoms in total. The zero-order valence-corrected chi connectivity index (χ0v) is 19.2. The molecule has 0 aliphatic carbocycles. The summed E-state index contributed by atoms with van der Waals surface area (Å²) in [6.07, 6.45) is -5.36. The van der Waals surface area contributed by atoms with Gasteiger partial charge in [0, 0.05) is 32.3 Å². The monoisotopic (exact) mass is 455 g/mol. The van der Waals surface area contributed by atoms with Crippen molar-refractivity contribution < 1.29 is 47.4 Å². The van der Waals surface area contributed by atoms with Gasteiger partial charge in [-0.2, -0.15) is 0 Å². The first-order valence-electron chi connectivity index (χ1n) is 10.1. The SMILES string of the molecule is CC(=O)O[C@H]1[C@H](OC(C)=O)[C@H](OCc2cc(C(=O)C(C)(C)C)no2)O[C@@H](C)[C@H]1OC(C)=O. The van der Waals surface area contributed by atoms with Gasteiger partial charge in [0.25, 0.3) is 0 Å². The molecule has 32 heavy (non-hydrogen) atoms. The molecule has 0 aromatic carbocycles. The summed E-state index contributed by atoms with van der Waals surface area (Å²) >= 11 is 0. The highest BCUT2D eigenvalue weighted by molar-refractivity contribution is 5.98. The molecule has 2 heterocycles. The predicted molar refractivity (Wildman–Crippen MR) is 106 cm³/mol. The van der Waals surface area contributed by atoms with Crippen LogP contribution in [0.15, 0.2) is 10.6 Å². The summed E-state index contributed by atoms with van der Waals surface area (Å²) in [7, 11) is 0. The Labute approximate surface area is 185 Å². The average Bonchev–Trinajstić information content (AvgIpc) is 3.12. The van der Waals surface area contributed by atoms with Crippen LogP contribution in [0.4, 0.5) is 0 Å². The van der Waals surface area contributed by atoms with Crippen molar-refractivity contribution in [3.8, 4) is 0 Å². The lowest BCUT2D eigenvalue weighted by molar-refractivity contribution is -0.304. The molecule has 1 aromatic rings. The quantitative estimate of drug-likeness (QED) is 0.338. The van der Waals surface area contributed by atoms with Gasteiger partial charge in [-0.15, -0.1) is 0 Å². The zero-order chi connectivity index (χ0) is 24.2. The van der Waals surface area contributed by atoms with Crippen LogP contribution in [0.2, 0.25) is 0 Å². The van der Waals surface area contributed by atoms with Crippen molar-refractivity contribution in [3.05, 3.63) is 17.5 Å². The van der Waals surface area contributed by atoms with E-state index in [1.165, 1.54) is 26.8 Å². The standard InChI is InChI=1S/C21H29NO10/c1-10-16(29-11(2)23)17(30-12(3)24)18(31-13(4)25)20(28-10)27-9-14-8-15(22-32-14)19(26)21(5,6)7/h8,10,16-18,20H,9H2,1-7H3/t10-,16+,17+,18-,20+/m0/s1. The highest BCUT2D eigenvalue weighted by Crippen LogP contribution is 2.30. The van der Waals surface area contributed by atoms with E-state index in [0.29, 0.717) is 0 Å². The van der Waals surface area contributed by atoms with E-state index in [1.807, 2.05) is 0 Å². The fourth-order valence-electron chi connectivity index (χ4n) is 3.14. The minimum absolute atomic E-state index is 0.151. The predicted octanol–water partition coefficient (Wildman–Crippen LogP) is 1.96. The maximum atomic E-state index is 12.3. The lowest BCUT2D eigenvalue weighted by Gasteiger charge is -2.43. The zero-order valence-electron chi connectivity index (χ0n) is 19.2. The number of aromatic nitrogens is 1. The van der Waals surface area contributed by atoms with Gasteiger partial charge in [-0.3, -0.25) is 19.2 Å². The van der Waals surface area contributed by atoms with Crippen LogP contribution in [0.25, 0.3) is 0 Å². The van der Waals surface area contributed by atoms with Crippen molar-refractivity contribution in [1.82, 2.24) is 5.16 Å². The molecule has 0 unspecified atom stereocenters. The molecule has 11 heteroatoms. The summed E-state index contributed by atoms with van der Waals surface area (Å²) in [5.74, 6) is -1.94. The van der Waals surface area contributed by atoms with Crippen LogP contribution in [0.5, 0.6) is 0 Å². The van der Waals surface area contributed by atoms with E-state index >= 15 is 0 Å². The number of rotatable bonds is 7. The third-order valence-corrected chi connectivity index (χ3v) is 4.50. The summed E-state index contributed by atoms with van der Waals surface area (Å²) in [4.78, 5) is 47.2. The molecule has 1 fully saturated rings. The van der Waals surface area contributed by atoms with Crippen molar-refractivity contribution in [1.29, 1.82) is 0 Å². The van der Waals surface area contributed by atoms with E-state index in [4.69, 9.17) is 28.2 Å². The van der Waals surface area contributed by atoms with Gasteiger partial charge in [-0.1, -0.05) is 25.9 Å². The second-order valence-electron chi connectivity index (χ2n) is 8.50. The minimum atomic E-state index is -1.23. The van der Waals surface area contributed by atoms with Crippen molar-refractivity contribution in [2.75, 3.05) is 0 Å². The topological polar surface area (TPSA) is 140 Å². The largest absolute Gasteiger partial charge is 0.456 e. The van der Waals surface area contributed by atoms with E-state index in [0.717, 1.165) is 0 Å². The highest BCUT2D eigenvalue weighted by Gasteiger charge is 2.51. The van der Waals surface area contributed by atoms with E-state index in [1.54, 1.807) is 27.7 Å². The lowest BCUT2D eigenvalue weighted by atomic mass is 9.89. The lowest BCUT2D eigenvalue weighted by Crippen LogP contribution is -2.61. The number of carbonyl (C=O) groups is 4. The maximum Gasteiger partial charge on any atom is 0.303 e. The first-order chi connectivity index (χ1) is 14.8. The molecule has 0 saturated carbocycles. The van der Waals surface area contributed by atoms with E-state index in [-0.39, 0.29) is 23.8 Å². The Kier molecular flexibility index (Phi) is 8.13. The molecule has 5 atom stereocenters. The van der Waals surface area contributed by atoms with E-state index in [9.17, 15) is 19.2 Å². The molecule has 178 valence electrons.